The Morgan fingerprint density at radius 3 is 2.14 bits per heavy atom. The maximum Gasteiger partial charge on any atom is 0.264 e. The van der Waals surface area contributed by atoms with Gasteiger partial charge in [0.15, 0.2) is 0 Å². The third-order valence-electron chi connectivity index (χ3n) is 8.00. The number of aryl methyl sites for hydroxylation is 3. The molecule has 2 amide bonds. The molecule has 0 spiro atoms. The second-order valence-electron chi connectivity index (χ2n) is 11.3. The quantitative estimate of drug-likeness (QED) is 0.244. The standard InChI is InChI=1S/C33H39Cl2N3O4S/c1-5-30(33(40)36-25-9-6-7-10-25)37(20-27-28(34)11-8-12-29(27)35)32(39)21-38(31-19-23(3)13-16-24(31)4)43(41,42)26-17-14-22(2)15-18-26/h8,11-19,25,30H,5-7,9-10,20-21H2,1-4H3,(H,36,40)/t30-/m0/s1. The minimum absolute atomic E-state index is 0.0516. The van der Waals surface area contributed by atoms with E-state index in [0.29, 0.717) is 33.3 Å². The van der Waals surface area contributed by atoms with Crippen molar-refractivity contribution in [3.05, 3.63) is 93.0 Å². The average Bonchev–Trinajstić information content (AvgIpc) is 3.47. The summed E-state index contributed by atoms with van der Waals surface area (Å²) in [4.78, 5) is 29.5. The van der Waals surface area contributed by atoms with Crippen molar-refractivity contribution in [2.75, 3.05) is 10.8 Å². The molecule has 7 nitrogen and oxygen atoms in total. The molecule has 0 bridgehead atoms. The lowest BCUT2D eigenvalue weighted by Crippen LogP contribution is -2.53. The molecule has 0 heterocycles. The molecule has 1 atom stereocenters. The summed E-state index contributed by atoms with van der Waals surface area (Å²) in [6.45, 7) is 6.81. The van der Waals surface area contributed by atoms with Gasteiger partial charge in [-0.3, -0.25) is 13.9 Å². The van der Waals surface area contributed by atoms with Crippen LogP contribution in [0.25, 0.3) is 0 Å². The highest BCUT2D eigenvalue weighted by atomic mass is 35.5. The normalized spacial score (nSPS) is 14.4. The number of nitrogens with zero attached hydrogens (tertiary/aromatic N) is 2. The first kappa shape index (κ1) is 32.8. The Labute approximate surface area is 265 Å². The van der Waals surface area contributed by atoms with Crippen LogP contribution in [0.3, 0.4) is 0 Å². The summed E-state index contributed by atoms with van der Waals surface area (Å²) >= 11 is 13.0. The third-order valence-corrected chi connectivity index (χ3v) is 10.5. The number of anilines is 1. The van der Waals surface area contributed by atoms with Crippen LogP contribution in [-0.2, 0) is 26.2 Å². The zero-order valence-electron chi connectivity index (χ0n) is 25.1. The highest BCUT2D eigenvalue weighted by molar-refractivity contribution is 7.92. The molecule has 10 heteroatoms. The fraction of sp³-hybridized carbons (Fsp3) is 0.394. The van der Waals surface area contributed by atoms with E-state index in [1.165, 1.54) is 4.90 Å². The Hall–Kier alpha value is -3.07. The SMILES string of the molecule is CC[C@@H](C(=O)NC1CCCC1)N(Cc1c(Cl)cccc1Cl)C(=O)CN(c1cc(C)ccc1C)S(=O)(=O)c1ccc(C)cc1. The van der Waals surface area contributed by atoms with Gasteiger partial charge in [-0.05, 0) is 81.5 Å². The Balaban J connectivity index is 1.78. The van der Waals surface area contributed by atoms with Crippen molar-refractivity contribution < 1.29 is 18.0 Å². The van der Waals surface area contributed by atoms with E-state index in [1.54, 1.807) is 48.5 Å². The van der Waals surface area contributed by atoms with Gasteiger partial charge in [0, 0.05) is 28.2 Å². The van der Waals surface area contributed by atoms with E-state index in [9.17, 15) is 18.0 Å². The topological polar surface area (TPSA) is 86.8 Å². The van der Waals surface area contributed by atoms with Crippen LogP contribution in [0.5, 0.6) is 0 Å². The van der Waals surface area contributed by atoms with Gasteiger partial charge in [-0.25, -0.2) is 8.42 Å². The van der Waals surface area contributed by atoms with Crippen molar-refractivity contribution in [1.29, 1.82) is 0 Å². The maximum atomic E-state index is 14.4. The van der Waals surface area contributed by atoms with Crippen LogP contribution in [0.15, 0.2) is 65.6 Å². The number of carbonyl (C=O) groups excluding carboxylic acids is 2. The Morgan fingerprint density at radius 1 is 0.930 bits per heavy atom. The Kier molecular flexibility index (Phi) is 10.8. The number of hydrogen-bond acceptors (Lipinski definition) is 4. The zero-order chi connectivity index (χ0) is 31.3. The molecule has 1 aliphatic rings. The van der Waals surface area contributed by atoms with Crippen molar-refractivity contribution in [3.63, 3.8) is 0 Å². The van der Waals surface area contributed by atoms with Crippen LogP contribution in [0.4, 0.5) is 5.69 Å². The molecule has 1 fully saturated rings. The highest BCUT2D eigenvalue weighted by Crippen LogP contribution is 2.31. The van der Waals surface area contributed by atoms with Crippen molar-refractivity contribution in [1.82, 2.24) is 10.2 Å². The van der Waals surface area contributed by atoms with Crippen molar-refractivity contribution in [2.24, 2.45) is 0 Å². The van der Waals surface area contributed by atoms with E-state index in [2.05, 4.69) is 5.32 Å². The number of benzene rings is 3. The van der Waals surface area contributed by atoms with E-state index in [-0.39, 0.29) is 23.4 Å². The van der Waals surface area contributed by atoms with Crippen molar-refractivity contribution in [2.45, 2.75) is 83.3 Å². The molecule has 4 rings (SSSR count). The summed E-state index contributed by atoms with van der Waals surface area (Å²) in [7, 11) is -4.17. The molecule has 1 N–H and O–H groups in total. The minimum atomic E-state index is -4.17. The number of sulfonamides is 1. The largest absolute Gasteiger partial charge is 0.352 e. The summed E-state index contributed by atoms with van der Waals surface area (Å²) in [6, 6.07) is 16.3. The lowest BCUT2D eigenvalue weighted by molar-refractivity contribution is -0.140. The number of halogens is 2. The fourth-order valence-electron chi connectivity index (χ4n) is 5.48. The smallest absolute Gasteiger partial charge is 0.264 e. The molecule has 0 unspecified atom stereocenters. The van der Waals surface area contributed by atoms with Gasteiger partial charge in [-0.15, -0.1) is 0 Å². The van der Waals surface area contributed by atoms with Gasteiger partial charge >= 0.3 is 0 Å². The molecule has 0 saturated heterocycles. The molecule has 1 aliphatic carbocycles. The first-order chi connectivity index (χ1) is 20.4. The molecular formula is C33H39Cl2N3O4S. The van der Waals surface area contributed by atoms with Gasteiger partial charge in [0.05, 0.1) is 10.6 Å². The van der Waals surface area contributed by atoms with Gasteiger partial charge in [0.2, 0.25) is 11.8 Å². The molecule has 3 aromatic rings. The van der Waals surface area contributed by atoms with Crippen LogP contribution in [0.2, 0.25) is 10.0 Å². The molecular weight excluding hydrogens is 605 g/mol. The third kappa shape index (κ3) is 7.72. The van der Waals surface area contributed by atoms with Gasteiger partial charge < -0.3 is 10.2 Å². The number of amides is 2. The van der Waals surface area contributed by atoms with Crippen molar-refractivity contribution >= 4 is 50.7 Å². The minimum Gasteiger partial charge on any atom is -0.352 e. The monoisotopic (exact) mass is 643 g/mol. The molecule has 230 valence electrons. The summed E-state index contributed by atoms with van der Waals surface area (Å²) in [5.41, 5.74) is 3.34. The second-order valence-corrected chi connectivity index (χ2v) is 13.9. The van der Waals surface area contributed by atoms with Gasteiger partial charge in [0.1, 0.15) is 12.6 Å². The number of hydrogen-bond donors (Lipinski definition) is 1. The predicted molar refractivity (Wildman–Crippen MR) is 173 cm³/mol. The summed E-state index contributed by atoms with van der Waals surface area (Å²) in [6.07, 6.45) is 4.19. The molecule has 1 saturated carbocycles. The van der Waals surface area contributed by atoms with Crippen LogP contribution >= 0.6 is 23.2 Å². The van der Waals surface area contributed by atoms with E-state index < -0.39 is 28.5 Å². The molecule has 0 radical (unpaired) electrons. The average molecular weight is 645 g/mol. The molecule has 0 aliphatic heterocycles. The molecule has 3 aromatic carbocycles. The summed E-state index contributed by atoms with van der Waals surface area (Å²) in [5.74, 6) is -0.813. The molecule has 43 heavy (non-hydrogen) atoms. The van der Waals surface area contributed by atoms with Crippen LogP contribution in [0, 0.1) is 20.8 Å². The van der Waals surface area contributed by atoms with Crippen molar-refractivity contribution in [3.8, 4) is 0 Å². The molecule has 0 aromatic heterocycles. The van der Waals surface area contributed by atoms with Crippen LogP contribution < -0.4 is 9.62 Å². The van der Waals surface area contributed by atoms with Gasteiger partial charge in [0.25, 0.3) is 10.0 Å². The van der Waals surface area contributed by atoms with Crippen LogP contribution in [-0.4, -0.2) is 43.8 Å². The number of rotatable bonds is 11. The second kappa shape index (κ2) is 14.1. The Morgan fingerprint density at radius 2 is 1.53 bits per heavy atom. The highest BCUT2D eigenvalue weighted by Gasteiger charge is 2.35. The maximum absolute atomic E-state index is 14.4. The van der Waals surface area contributed by atoms with E-state index in [1.807, 2.05) is 39.8 Å². The van der Waals surface area contributed by atoms with Gasteiger partial charge in [-0.1, -0.05) is 78.9 Å². The Bertz CT molecular complexity index is 1550. The van der Waals surface area contributed by atoms with Crippen LogP contribution in [0.1, 0.15) is 61.3 Å². The van der Waals surface area contributed by atoms with E-state index in [4.69, 9.17) is 23.2 Å². The fourth-order valence-corrected chi connectivity index (χ4v) is 7.47. The van der Waals surface area contributed by atoms with Gasteiger partial charge in [-0.2, -0.15) is 0 Å². The lowest BCUT2D eigenvalue weighted by Gasteiger charge is -2.34. The summed E-state index contributed by atoms with van der Waals surface area (Å²) < 4.78 is 29.5. The van der Waals surface area contributed by atoms with E-state index >= 15 is 0 Å². The zero-order valence-corrected chi connectivity index (χ0v) is 27.4. The lowest BCUT2D eigenvalue weighted by atomic mass is 10.1. The first-order valence-corrected chi connectivity index (χ1v) is 16.8. The van der Waals surface area contributed by atoms with E-state index in [0.717, 1.165) is 41.1 Å². The number of nitrogens with one attached hydrogen (secondary N) is 1. The number of carbonyl (C=O) groups is 2. The first-order valence-electron chi connectivity index (χ1n) is 14.6. The predicted octanol–water partition coefficient (Wildman–Crippen LogP) is 6.98. The summed E-state index contributed by atoms with van der Waals surface area (Å²) in [5, 5.41) is 3.83.